The van der Waals surface area contributed by atoms with Gasteiger partial charge in [-0.2, -0.15) is 0 Å². The topological polar surface area (TPSA) is 24.5 Å². The number of benzene rings is 1. The highest BCUT2D eigenvalue weighted by atomic mass is 16.5. The molecule has 0 aromatic heterocycles. The molecule has 118 valence electrons. The van der Waals surface area contributed by atoms with Crippen molar-refractivity contribution in [2.24, 2.45) is 0 Å². The summed E-state index contributed by atoms with van der Waals surface area (Å²) in [6.45, 7) is 2.15. The van der Waals surface area contributed by atoms with Gasteiger partial charge in [0.25, 0.3) is 0 Å². The van der Waals surface area contributed by atoms with E-state index in [2.05, 4.69) is 56.5 Å². The summed E-state index contributed by atoms with van der Waals surface area (Å²) < 4.78 is 5.64. The van der Waals surface area contributed by atoms with Crippen LogP contribution in [0.1, 0.15) is 49.3 Å². The molecule has 1 fully saturated rings. The summed E-state index contributed by atoms with van der Waals surface area (Å²) in [5.41, 5.74) is 2.75. The van der Waals surface area contributed by atoms with Gasteiger partial charge in [0.15, 0.2) is 0 Å². The first-order valence-electron chi connectivity index (χ1n) is 8.04. The van der Waals surface area contributed by atoms with E-state index in [-0.39, 0.29) is 5.54 Å². The first-order valence-corrected chi connectivity index (χ1v) is 8.04. The highest BCUT2D eigenvalue weighted by molar-refractivity contribution is 5.41. The number of aryl methyl sites for hydroxylation is 1. The molecule has 1 aromatic rings. The molecule has 0 amide bonds. The zero-order valence-corrected chi connectivity index (χ0v) is 14.2. The number of nitrogens with one attached hydrogen (secondary N) is 1. The molecule has 0 spiro atoms. The third-order valence-corrected chi connectivity index (χ3v) is 5.13. The second-order valence-corrected chi connectivity index (χ2v) is 6.53. The Hall–Kier alpha value is -1.06. The van der Waals surface area contributed by atoms with Crippen LogP contribution in [0.3, 0.4) is 0 Å². The van der Waals surface area contributed by atoms with Crippen LogP contribution in [0, 0.1) is 6.92 Å². The molecule has 1 unspecified atom stereocenters. The second kappa shape index (κ2) is 6.80. The van der Waals surface area contributed by atoms with E-state index in [1.54, 1.807) is 7.11 Å². The summed E-state index contributed by atoms with van der Waals surface area (Å²) in [5, 5.41) is 3.59. The number of hydrogen-bond acceptors (Lipinski definition) is 3. The van der Waals surface area contributed by atoms with Gasteiger partial charge in [-0.25, -0.2) is 0 Å². The van der Waals surface area contributed by atoms with Crippen molar-refractivity contribution >= 4 is 0 Å². The van der Waals surface area contributed by atoms with Crippen molar-refractivity contribution in [1.82, 2.24) is 10.2 Å². The van der Waals surface area contributed by atoms with E-state index in [0.717, 1.165) is 5.75 Å². The van der Waals surface area contributed by atoms with Gasteiger partial charge in [0, 0.05) is 11.1 Å². The Kier molecular flexibility index (Phi) is 5.28. The minimum Gasteiger partial charge on any atom is -0.496 e. The van der Waals surface area contributed by atoms with E-state index in [1.165, 1.54) is 43.2 Å². The van der Waals surface area contributed by atoms with Gasteiger partial charge in [0.05, 0.1) is 13.2 Å². The van der Waals surface area contributed by atoms with E-state index in [1.807, 2.05) is 0 Å². The van der Waals surface area contributed by atoms with Crippen molar-refractivity contribution in [3.63, 3.8) is 0 Å². The quantitative estimate of drug-likeness (QED) is 0.898. The summed E-state index contributed by atoms with van der Waals surface area (Å²) >= 11 is 0. The summed E-state index contributed by atoms with van der Waals surface area (Å²) in [6, 6.07) is 6.79. The Labute approximate surface area is 129 Å². The molecule has 1 saturated carbocycles. The molecular formula is C18H30N2O. The Morgan fingerprint density at radius 1 is 1.19 bits per heavy atom. The van der Waals surface area contributed by atoms with Gasteiger partial charge < -0.3 is 15.0 Å². The highest BCUT2D eigenvalue weighted by Gasteiger charge is 2.42. The van der Waals surface area contributed by atoms with Crippen molar-refractivity contribution < 1.29 is 4.74 Å². The molecule has 21 heavy (non-hydrogen) atoms. The lowest BCUT2D eigenvalue weighted by molar-refractivity contribution is 0.0584. The first-order chi connectivity index (χ1) is 10.0. The van der Waals surface area contributed by atoms with E-state index < -0.39 is 0 Å². The number of ether oxygens (including phenoxy) is 1. The molecule has 1 N–H and O–H groups in total. The van der Waals surface area contributed by atoms with Crippen LogP contribution in [0.5, 0.6) is 5.75 Å². The Morgan fingerprint density at radius 2 is 1.86 bits per heavy atom. The maximum absolute atomic E-state index is 5.64. The molecule has 1 aliphatic carbocycles. The molecule has 0 heterocycles. The van der Waals surface area contributed by atoms with Gasteiger partial charge in [0.2, 0.25) is 0 Å². The number of nitrogens with zero attached hydrogens (tertiary/aromatic N) is 1. The minimum atomic E-state index is 0.175. The van der Waals surface area contributed by atoms with Gasteiger partial charge in [-0.05, 0) is 47.0 Å². The van der Waals surface area contributed by atoms with Gasteiger partial charge in [0.1, 0.15) is 5.75 Å². The van der Waals surface area contributed by atoms with Crippen molar-refractivity contribution in [3.05, 3.63) is 29.3 Å². The average molecular weight is 290 g/mol. The van der Waals surface area contributed by atoms with Crippen molar-refractivity contribution in [2.75, 3.05) is 28.3 Å². The average Bonchev–Trinajstić information content (AvgIpc) is 2.49. The molecule has 0 radical (unpaired) electrons. The smallest absolute Gasteiger partial charge is 0.123 e. The largest absolute Gasteiger partial charge is 0.496 e. The minimum absolute atomic E-state index is 0.175. The van der Waals surface area contributed by atoms with Gasteiger partial charge in [-0.3, -0.25) is 0 Å². The van der Waals surface area contributed by atoms with Crippen LogP contribution < -0.4 is 10.1 Å². The first kappa shape index (κ1) is 16.3. The van der Waals surface area contributed by atoms with E-state index >= 15 is 0 Å². The summed E-state index contributed by atoms with van der Waals surface area (Å²) in [7, 11) is 8.28. The van der Waals surface area contributed by atoms with Crippen LogP contribution in [0.25, 0.3) is 0 Å². The van der Waals surface area contributed by atoms with E-state index in [9.17, 15) is 0 Å². The second-order valence-electron chi connectivity index (χ2n) is 6.53. The predicted molar refractivity (Wildman–Crippen MR) is 89.0 cm³/mol. The van der Waals surface area contributed by atoms with Crippen LogP contribution in [-0.4, -0.2) is 38.7 Å². The van der Waals surface area contributed by atoms with Gasteiger partial charge >= 0.3 is 0 Å². The number of methoxy groups -OCH3 is 1. The molecular weight excluding hydrogens is 260 g/mol. The fourth-order valence-corrected chi connectivity index (χ4v) is 3.95. The fraction of sp³-hybridized carbons (Fsp3) is 0.667. The Bertz CT molecular complexity index is 464. The van der Waals surface area contributed by atoms with Crippen LogP contribution in [-0.2, 0) is 0 Å². The van der Waals surface area contributed by atoms with Crippen LogP contribution in [0.2, 0.25) is 0 Å². The molecule has 0 aliphatic heterocycles. The predicted octanol–water partition coefficient (Wildman–Crippen LogP) is 3.53. The molecule has 1 atom stereocenters. The van der Waals surface area contributed by atoms with Crippen molar-refractivity contribution in [1.29, 1.82) is 0 Å². The molecule has 1 aliphatic rings. The Morgan fingerprint density at radius 3 is 2.38 bits per heavy atom. The summed E-state index contributed by atoms with van der Waals surface area (Å²) in [5.74, 6) is 0.992. The normalized spacial score (nSPS) is 19.5. The van der Waals surface area contributed by atoms with E-state index in [4.69, 9.17) is 4.74 Å². The maximum atomic E-state index is 5.64. The van der Waals surface area contributed by atoms with Crippen LogP contribution in [0.15, 0.2) is 18.2 Å². The standard InChI is InChI=1S/C18H30N2O/c1-14-9-10-16(21-5)15(13-14)17(19-2)18(20(3)4)11-7-6-8-12-18/h9-10,13,17,19H,6-8,11-12H2,1-5H3. The molecule has 0 saturated heterocycles. The zero-order chi connectivity index (χ0) is 15.5. The molecule has 3 nitrogen and oxygen atoms in total. The van der Waals surface area contributed by atoms with Crippen molar-refractivity contribution in [2.45, 2.75) is 50.6 Å². The Balaban J connectivity index is 2.48. The number of likely N-dealkylation sites (N-methyl/N-ethyl adjacent to an activating group) is 2. The lowest BCUT2D eigenvalue weighted by atomic mass is 9.72. The summed E-state index contributed by atoms with van der Waals surface area (Å²) in [4.78, 5) is 2.43. The molecule has 0 bridgehead atoms. The number of hydrogen-bond donors (Lipinski definition) is 1. The lowest BCUT2D eigenvalue weighted by Gasteiger charge is -2.49. The third kappa shape index (κ3) is 3.09. The molecule has 2 rings (SSSR count). The SMILES string of the molecule is CNC(c1cc(C)ccc1OC)C1(N(C)C)CCCCC1. The molecule has 3 heteroatoms. The van der Waals surface area contributed by atoms with Crippen LogP contribution in [0.4, 0.5) is 0 Å². The molecule has 1 aromatic carbocycles. The monoisotopic (exact) mass is 290 g/mol. The van der Waals surface area contributed by atoms with Crippen molar-refractivity contribution in [3.8, 4) is 5.75 Å². The van der Waals surface area contributed by atoms with Gasteiger partial charge in [-0.15, -0.1) is 0 Å². The summed E-state index contributed by atoms with van der Waals surface area (Å²) in [6.07, 6.45) is 6.46. The highest BCUT2D eigenvalue weighted by Crippen LogP contribution is 2.44. The van der Waals surface area contributed by atoms with Crippen LogP contribution >= 0.6 is 0 Å². The zero-order valence-electron chi connectivity index (χ0n) is 14.2. The maximum Gasteiger partial charge on any atom is 0.123 e. The number of rotatable bonds is 5. The van der Waals surface area contributed by atoms with Gasteiger partial charge in [-0.1, -0.05) is 37.0 Å². The third-order valence-electron chi connectivity index (χ3n) is 5.13. The van der Waals surface area contributed by atoms with E-state index in [0.29, 0.717) is 6.04 Å². The lowest BCUT2D eigenvalue weighted by Crippen LogP contribution is -2.54. The fourth-order valence-electron chi connectivity index (χ4n) is 3.95.